The van der Waals surface area contributed by atoms with Crippen molar-refractivity contribution >= 4 is 11.6 Å². The number of benzene rings is 1. The van der Waals surface area contributed by atoms with E-state index in [0.29, 0.717) is 12.0 Å². The number of aromatic nitrogens is 1. The first-order valence-corrected chi connectivity index (χ1v) is 9.04. The summed E-state index contributed by atoms with van der Waals surface area (Å²) in [5.41, 5.74) is 3.55. The molecule has 6 heteroatoms. The highest BCUT2D eigenvalue weighted by Crippen LogP contribution is 2.33. The fourth-order valence-corrected chi connectivity index (χ4v) is 3.30. The first-order chi connectivity index (χ1) is 12.9. The van der Waals surface area contributed by atoms with E-state index in [2.05, 4.69) is 5.32 Å². The number of carbonyl (C=O) groups is 1. The summed E-state index contributed by atoms with van der Waals surface area (Å²) >= 11 is 0. The lowest BCUT2D eigenvalue weighted by molar-refractivity contribution is -0.137. The minimum absolute atomic E-state index is 0.0258. The molecule has 1 fully saturated rings. The van der Waals surface area contributed by atoms with Crippen LogP contribution in [-0.4, -0.2) is 10.9 Å². The fraction of sp³-hybridized carbons (Fsp3) is 0.333. The molecule has 0 saturated heterocycles. The van der Waals surface area contributed by atoms with Gasteiger partial charge in [-0.05, 0) is 55.0 Å². The second-order valence-corrected chi connectivity index (χ2v) is 7.19. The molecule has 0 unspecified atom stereocenters. The normalized spacial score (nSPS) is 16.0. The molecule has 0 radical (unpaired) electrons. The molecule has 0 spiro atoms. The molecule has 1 aromatic heterocycles. The van der Waals surface area contributed by atoms with Gasteiger partial charge in [0, 0.05) is 23.4 Å². The van der Waals surface area contributed by atoms with Crippen LogP contribution in [0.2, 0.25) is 0 Å². The molecular weight excluding hydrogens is 353 g/mol. The molecular formula is C21H19F3N2O. The van der Waals surface area contributed by atoms with Gasteiger partial charge in [-0.15, -0.1) is 0 Å². The molecule has 3 nitrogen and oxygen atoms in total. The van der Waals surface area contributed by atoms with Crippen LogP contribution in [0.15, 0.2) is 42.5 Å². The fourth-order valence-electron chi connectivity index (χ4n) is 3.30. The monoisotopic (exact) mass is 372 g/mol. The van der Waals surface area contributed by atoms with Gasteiger partial charge in [0.2, 0.25) is 5.91 Å². The van der Waals surface area contributed by atoms with Crippen LogP contribution < -0.4 is 5.32 Å². The van der Waals surface area contributed by atoms with Crippen molar-refractivity contribution in [2.45, 2.75) is 38.3 Å². The number of hydrogen-bond acceptors (Lipinski definition) is 2. The van der Waals surface area contributed by atoms with E-state index in [0.717, 1.165) is 47.1 Å². The first-order valence-electron chi connectivity index (χ1n) is 9.04. The standard InChI is InChI=1S/C21H19F3N2O/c22-21(23,24)15-5-3-14(4-6-15)12-20(27)26-19-10-9-18-17(19)8-7-16(25-18)11-13-1-2-13/h3-8,10,13H,1-2,9,11-12H2,(H,26,27). The topological polar surface area (TPSA) is 42.0 Å². The van der Waals surface area contributed by atoms with Gasteiger partial charge in [0.05, 0.1) is 17.7 Å². The predicted molar refractivity (Wildman–Crippen MR) is 95.6 cm³/mol. The Bertz CT molecular complexity index is 897. The third-order valence-electron chi connectivity index (χ3n) is 4.94. The summed E-state index contributed by atoms with van der Waals surface area (Å²) in [6.07, 6.45) is 1.85. The van der Waals surface area contributed by atoms with E-state index in [1.54, 1.807) is 0 Å². The zero-order valence-electron chi connectivity index (χ0n) is 14.6. The summed E-state index contributed by atoms with van der Waals surface area (Å²) in [6, 6.07) is 8.68. The van der Waals surface area contributed by atoms with Gasteiger partial charge < -0.3 is 5.32 Å². The van der Waals surface area contributed by atoms with Crippen LogP contribution in [-0.2, 0) is 30.2 Å². The quantitative estimate of drug-likeness (QED) is 0.850. The van der Waals surface area contributed by atoms with Gasteiger partial charge in [-0.25, -0.2) is 0 Å². The first kappa shape index (κ1) is 17.8. The second-order valence-electron chi connectivity index (χ2n) is 7.19. The number of hydrogen-bond donors (Lipinski definition) is 1. The summed E-state index contributed by atoms with van der Waals surface area (Å²) in [5, 5.41) is 2.86. The molecule has 140 valence electrons. The third kappa shape index (κ3) is 4.21. The Labute approximate surface area is 155 Å². The van der Waals surface area contributed by atoms with Gasteiger partial charge >= 0.3 is 6.18 Å². The molecule has 0 bridgehead atoms. The van der Waals surface area contributed by atoms with E-state index >= 15 is 0 Å². The van der Waals surface area contributed by atoms with E-state index in [4.69, 9.17) is 4.98 Å². The smallest absolute Gasteiger partial charge is 0.325 e. The number of fused-ring (bicyclic) bond motifs is 1. The highest BCUT2D eigenvalue weighted by Gasteiger charge is 2.30. The average molecular weight is 372 g/mol. The van der Waals surface area contributed by atoms with E-state index < -0.39 is 11.7 Å². The van der Waals surface area contributed by atoms with Crippen molar-refractivity contribution in [3.63, 3.8) is 0 Å². The maximum atomic E-state index is 12.6. The summed E-state index contributed by atoms with van der Waals surface area (Å²) in [6.45, 7) is 0. The lowest BCUT2D eigenvalue weighted by Crippen LogP contribution is -2.23. The number of rotatable bonds is 5. The van der Waals surface area contributed by atoms with Crippen molar-refractivity contribution in [2.24, 2.45) is 5.92 Å². The van der Waals surface area contributed by atoms with Crippen molar-refractivity contribution in [1.82, 2.24) is 10.3 Å². The van der Waals surface area contributed by atoms with Crippen LogP contribution in [0.3, 0.4) is 0 Å². The highest BCUT2D eigenvalue weighted by molar-refractivity contribution is 5.89. The molecule has 0 atom stereocenters. The molecule has 1 aromatic carbocycles. The number of nitrogens with one attached hydrogen (secondary N) is 1. The molecule has 0 aliphatic heterocycles. The zero-order chi connectivity index (χ0) is 19.0. The Hall–Kier alpha value is -2.63. The van der Waals surface area contributed by atoms with Crippen LogP contribution in [0.25, 0.3) is 5.70 Å². The summed E-state index contributed by atoms with van der Waals surface area (Å²) in [7, 11) is 0. The largest absolute Gasteiger partial charge is 0.416 e. The van der Waals surface area contributed by atoms with Gasteiger partial charge in [0.1, 0.15) is 0 Å². The Kier molecular flexibility index (Phi) is 4.50. The van der Waals surface area contributed by atoms with Crippen LogP contribution in [0.1, 0.15) is 40.9 Å². The molecule has 2 aromatic rings. The van der Waals surface area contributed by atoms with Crippen molar-refractivity contribution in [3.05, 3.63) is 70.6 Å². The minimum atomic E-state index is -4.37. The molecule has 2 aliphatic carbocycles. The minimum Gasteiger partial charge on any atom is -0.325 e. The maximum Gasteiger partial charge on any atom is 0.416 e. The number of allylic oxidation sites excluding steroid dienone is 1. The number of halogens is 3. The lowest BCUT2D eigenvalue weighted by atomic mass is 10.1. The van der Waals surface area contributed by atoms with Crippen LogP contribution in [0.5, 0.6) is 0 Å². The van der Waals surface area contributed by atoms with Gasteiger partial charge in [-0.1, -0.05) is 18.2 Å². The zero-order valence-corrected chi connectivity index (χ0v) is 14.6. The van der Waals surface area contributed by atoms with Crippen molar-refractivity contribution < 1.29 is 18.0 Å². The molecule has 27 heavy (non-hydrogen) atoms. The number of carbonyl (C=O) groups excluding carboxylic acids is 1. The Morgan fingerprint density at radius 2 is 1.85 bits per heavy atom. The van der Waals surface area contributed by atoms with E-state index in [1.807, 2.05) is 18.2 Å². The van der Waals surface area contributed by atoms with Gasteiger partial charge in [-0.3, -0.25) is 9.78 Å². The second kappa shape index (κ2) is 6.83. The van der Waals surface area contributed by atoms with E-state index in [-0.39, 0.29) is 12.3 Å². The van der Waals surface area contributed by atoms with Gasteiger partial charge in [0.15, 0.2) is 0 Å². The highest BCUT2D eigenvalue weighted by atomic mass is 19.4. The molecule has 4 rings (SSSR count). The lowest BCUT2D eigenvalue weighted by Gasteiger charge is -2.10. The van der Waals surface area contributed by atoms with E-state index in [1.165, 1.54) is 25.0 Å². The summed E-state index contributed by atoms with van der Waals surface area (Å²) in [4.78, 5) is 17.0. The van der Waals surface area contributed by atoms with Crippen molar-refractivity contribution in [1.29, 1.82) is 0 Å². The molecule has 1 saturated carbocycles. The van der Waals surface area contributed by atoms with Crippen LogP contribution in [0.4, 0.5) is 13.2 Å². The predicted octanol–water partition coefficient (Wildman–Crippen LogP) is 4.31. The number of amides is 1. The van der Waals surface area contributed by atoms with Gasteiger partial charge in [0.25, 0.3) is 0 Å². The summed E-state index contributed by atoms with van der Waals surface area (Å²) in [5.74, 6) is 0.517. The molecule has 1 N–H and O–H groups in total. The van der Waals surface area contributed by atoms with Crippen molar-refractivity contribution in [3.8, 4) is 0 Å². The summed E-state index contributed by atoms with van der Waals surface area (Å²) < 4.78 is 37.8. The van der Waals surface area contributed by atoms with Gasteiger partial charge in [-0.2, -0.15) is 13.2 Å². The average Bonchev–Trinajstić information content (AvgIpc) is 3.34. The number of alkyl halides is 3. The van der Waals surface area contributed by atoms with Crippen LogP contribution >= 0.6 is 0 Å². The van der Waals surface area contributed by atoms with E-state index in [9.17, 15) is 18.0 Å². The number of pyridine rings is 1. The van der Waals surface area contributed by atoms with Crippen LogP contribution in [0, 0.1) is 5.92 Å². The molecule has 2 aliphatic rings. The Balaban J connectivity index is 1.38. The SMILES string of the molecule is O=C(Cc1ccc(C(F)(F)F)cc1)NC1=CCc2nc(CC3CC3)ccc21. The Morgan fingerprint density at radius 1 is 1.11 bits per heavy atom. The van der Waals surface area contributed by atoms with Crippen molar-refractivity contribution in [2.75, 3.05) is 0 Å². The maximum absolute atomic E-state index is 12.6. The molecule has 1 amide bonds. The number of nitrogens with zero attached hydrogens (tertiary/aromatic N) is 1. The Morgan fingerprint density at radius 3 is 2.52 bits per heavy atom. The third-order valence-corrected chi connectivity index (χ3v) is 4.94. The molecule has 1 heterocycles.